The lowest BCUT2D eigenvalue weighted by atomic mass is 10.1. The molecule has 0 saturated carbocycles. The maximum atomic E-state index is 11.3. The number of aliphatic hydroxyl groups excluding tert-OH is 1. The van der Waals surface area contributed by atoms with Crippen molar-refractivity contribution in [2.45, 2.75) is 26.4 Å². The van der Waals surface area contributed by atoms with Crippen LogP contribution in [-0.2, 0) is 4.79 Å². The Hall–Kier alpha value is -1.39. The molecular weight excluding hydrogens is 264 g/mol. The van der Waals surface area contributed by atoms with Gasteiger partial charge in [0.25, 0.3) is 0 Å². The smallest absolute Gasteiger partial charge is 0.219 e. The normalized spacial score (nSPS) is 20.0. The lowest BCUT2D eigenvalue weighted by Gasteiger charge is -2.24. The van der Waals surface area contributed by atoms with Gasteiger partial charge >= 0.3 is 0 Å². The number of amides is 1. The Labute approximate surface area is 127 Å². The zero-order valence-corrected chi connectivity index (χ0v) is 13.2. The standard InChI is InChI=1S/C17H26N2O2/c1-13-4-6-16(7-5-13)17(21)12-18(3)10-15-8-9-19(11-15)14(2)20/h4-7,15,17,21H,8-12H2,1-3H3. The highest BCUT2D eigenvalue weighted by Gasteiger charge is 2.25. The molecule has 2 unspecified atom stereocenters. The Bertz CT molecular complexity index is 472. The van der Waals surface area contributed by atoms with Gasteiger partial charge in [-0.1, -0.05) is 29.8 Å². The summed E-state index contributed by atoms with van der Waals surface area (Å²) in [7, 11) is 2.04. The van der Waals surface area contributed by atoms with Crippen LogP contribution in [0.2, 0.25) is 0 Å². The fourth-order valence-corrected chi connectivity index (χ4v) is 2.97. The minimum Gasteiger partial charge on any atom is -0.387 e. The van der Waals surface area contributed by atoms with E-state index in [9.17, 15) is 9.90 Å². The van der Waals surface area contributed by atoms with E-state index in [1.807, 2.05) is 43.1 Å². The highest BCUT2D eigenvalue weighted by molar-refractivity contribution is 5.73. The number of carbonyl (C=O) groups is 1. The highest BCUT2D eigenvalue weighted by atomic mass is 16.3. The van der Waals surface area contributed by atoms with E-state index in [0.717, 1.165) is 31.6 Å². The minimum atomic E-state index is -0.457. The van der Waals surface area contributed by atoms with Crippen molar-refractivity contribution >= 4 is 5.91 Å². The average molecular weight is 290 g/mol. The number of aryl methyl sites for hydroxylation is 1. The number of hydrogen-bond donors (Lipinski definition) is 1. The summed E-state index contributed by atoms with van der Waals surface area (Å²) in [4.78, 5) is 15.4. The van der Waals surface area contributed by atoms with Crippen molar-refractivity contribution < 1.29 is 9.90 Å². The Morgan fingerprint density at radius 2 is 2.10 bits per heavy atom. The molecule has 1 aromatic carbocycles. The maximum absolute atomic E-state index is 11.3. The van der Waals surface area contributed by atoms with Crippen LogP contribution in [0.25, 0.3) is 0 Å². The molecular formula is C17H26N2O2. The van der Waals surface area contributed by atoms with Gasteiger partial charge in [0, 0.05) is 33.1 Å². The van der Waals surface area contributed by atoms with Crippen molar-refractivity contribution in [1.82, 2.24) is 9.80 Å². The van der Waals surface area contributed by atoms with Crippen molar-refractivity contribution in [3.63, 3.8) is 0 Å². The van der Waals surface area contributed by atoms with Crippen LogP contribution in [0, 0.1) is 12.8 Å². The second-order valence-electron chi connectivity index (χ2n) is 6.27. The predicted molar refractivity (Wildman–Crippen MR) is 84.0 cm³/mol. The summed E-state index contributed by atoms with van der Waals surface area (Å²) in [5.41, 5.74) is 2.17. The quantitative estimate of drug-likeness (QED) is 0.900. The number of carbonyl (C=O) groups excluding carboxylic acids is 1. The lowest BCUT2D eigenvalue weighted by Crippen LogP contribution is -2.32. The van der Waals surface area contributed by atoms with Gasteiger partial charge in [-0.2, -0.15) is 0 Å². The first-order chi connectivity index (χ1) is 9.95. The third-order valence-corrected chi connectivity index (χ3v) is 4.25. The number of hydrogen-bond acceptors (Lipinski definition) is 3. The number of likely N-dealkylation sites (tertiary alicyclic amines) is 1. The molecule has 1 amide bonds. The van der Waals surface area contributed by atoms with Crippen molar-refractivity contribution in [2.24, 2.45) is 5.92 Å². The van der Waals surface area contributed by atoms with E-state index >= 15 is 0 Å². The summed E-state index contributed by atoms with van der Waals surface area (Å²) in [5.74, 6) is 0.684. The third-order valence-electron chi connectivity index (χ3n) is 4.25. The molecule has 116 valence electrons. The molecule has 21 heavy (non-hydrogen) atoms. The number of aliphatic hydroxyl groups is 1. The monoisotopic (exact) mass is 290 g/mol. The molecule has 0 radical (unpaired) electrons. The summed E-state index contributed by atoms with van der Waals surface area (Å²) in [5, 5.41) is 10.3. The van der Waals surface area contributed by atoms with E-state index in [0.29, 0.717) is 12.5 Å². The van der Waals surface area contributed by atoms with Crippen molar-refractivity contribution in [1.29, 1.82) is 0 Å². The summed E-state index contributed by atoms with van der Waals surface area (Å²) in [6.07, 6.45) is 0.603. The molecule has 2 atom stereocenters. The molecule has 4 nitrogen and oxygen atoms in total. The molecule has 0 aromatic heterocycles. The van der Waals surface area contributed by atoms with Gasteiger partial charge in [-0.25, -0.2) is 0 Å². The van der Waals surface area contributed by atoms with Crippen LogP contribution in [0.15, 0.2) is 24.3 Å². The SMILES string of the molecule is CC(=O)N1CCC(CN(C)CC(O)c2ccc(C)cc2)C1. The van der Waals surface area contributed by atoms with Crippen LogP contribution < -0.4 is 0 Å². The Morgan fingerprint density at radius 1 is 1.43 bits per heavy atom. The molecule has 0 aliphatic carbocycles. The van der Waals surface area contributed by atoms with Gasteiger partial charge in [-0.05, 0) is 31.9 Å². The molecule has 0 spiro atoms. The minimum absolute atomic E-state index is 0.167. The average Bonchev–Trinajstić information content (AvgIpc) is 2.87. The molecule has 1 aliphatic rings. The molecule has 2 rings (SSSR count). The van der Waals surface area contributed by atoms with Gasteiger partial charge in [-0.3, -0.25) is 4.79 Å². The largest absolute Gasteiger partial charge is 0.387 e. The summed E-state index contributed by atoms with van der Waals surface area (Å²) < 4.78 is 0. The van der Waals surface area contributed by atoms with Crippen LogP contribution in [-0.4, -0.2) is 54.0 Å². The Kier molecular flexibility index (Phi) is 5.37. The van der Waals surface area contributed by atoms with Crippen molar-refractivity contribution in [2.75, 3.05) is 33.2 Å². The predicted octanol–water partition coefficient (Wildman–Crippen LogP) is 1.83. The number of benzene rings is 1. The van der Waals surface area contributed by atoms with Gasteiger partial charge in [0.15, 0.2) is 0 Å². The Balaban J connectivity index is 1.80. The number of rotatable bonds is 5. The first kappa shape index (κ1) is 16.0. The lowest BCUT2D eigenvalue weighted by molar-refractivity contribution is -0.127. The third kappa shape index (κ3) is 4.55. The van der Waals surface area contributed by atoms with Crippen LogP contribution >= 0.6 is 0 Å². The fourth-order valence-electron chi connectivity index (χ4n) is 2.97. The second-order valence-corrected chi connectivity index (χ2v) is 6.27. The van der Waals surface area contributed by atoms with E-state index in [1.54, 1.807) is 6.92 Å². The summed E-state index contributed by atoms with van der Waals surface area (Å²) >= 11 is 0. The van der Waals surface area contributed by atoms with E-state index in [-0.39, 0.29) is 5.91 Å². The van der Waals surface area contributed by atoms with E-state index in [1.165, 1.54) is 5.56 Å². The van der Waals surface area contributed by atoms with Gasteiger partial charge in [-0.15, -0.1) is 0 Å². The zero-order chi connectivity index (χ0) is 15.4. The van der Waals surface area contributed by atoms with Gasteiger partial charge in [0.1, 0.15) is 0 Å². The molecule has 1 aliphatic heterocycles. The number of likely N-dealkylation sites (N-methyl/N-ethyl adjacent to an activating group) is 1. The number of nitrogens with zero attached hydrogens (tertiary/aromatic N) is 2. The van der Waals surface area contributed by atoms with Crippen LogP contribution in [0.1, 0.15) is 30.6 Å². The first-order valence-corrected chi connectivity index (χ1v) is 7.64. The van der Waals surface area contributed by atoms with E-state index < -0.39 is 6.10 Å². The molecule has 0 bridgehead atoms. The Morgan fingerprint density at radius 3 is 2.67 bits per heavy atom. The molecule has 1 aromatic rings. The fraction of sp³-hybridized carbons (Fsp3) is 0.588. The highest BCUT2D eigenvalue weighted by Crippen LogP contribution is 2.19. The molecule has 1 fully saturated rings. The first-order valence-electron chi connectivity index (χ1n) is 7.64. The maximum Gasteiger partial charge on any atom is 0.219 e. The van der Waals surface area contributed by atoms with Gasteiger partial charge < -0.3 is 14.9 Å². The van der Waals surface area contributed by atoms with Crippen LogP contribution in [0.3, 0.4) is 0 Å². The molecule has 1 saturated heterocycles. The summed E-state index contributed by atoms with van der Waals surface area (Å²) in [6.45, 7) is 6.94. The van der Waals surface area contributed by atoms with E-state index in [2.05, 4.69) is 4.90 Å². The zero-order valence-electron chi connectivity index (χ0n) is 13.2. The van der Waals surface area contributed by atoms with Crippen LogP contribution in [0.5, 0.6) is 0 Å². The molecule has 4 heteroatoms. The van der Waals surface area contributed by atoms with Crippen LogP contribution in [0.4, 0.5) is 0 Å². The molecule has 1 heterocycles. The van der Waals surface area contributed by atoms with E-state index in [4.69, 9.17) is 0 Å². The molecule has 1 N–H and O–H groups in total. The van der Waals surface area contributed by atoms with Gasteiger partial charge in [0.2, 0.25) is 5.91 Å². The second kappa shape index (κ2) is 7.05. The van der Waals surface area contributed by atoms with Gasteiger partial charge in [0.05, 0.1) is 6.10 Å². The topological polar surface area (TPSA) is 43.8 Å². The van der Waals surface area contributed by atoms with Crippen molar-refractivity contribution in [3.05, 3.63) is 35.4 Å². The van der Waals surface area contributed by atoms with Crippen molar-refractivity contribution in [3.8, 4) is 0 Å². The summed E-state index contributed by atoms with van der Waals surface area (Å²) in [6, 6.07) is 8.03.